The van der Waals surface area contributed by atoms with E-state index in [0.717, 1.165) is 5.56 Å². The molecule has 0 fully saturated rings. The summed E-state index contributed by atoms with van der Waals surface area (Å²) in [6.45, 7) is 2.02. The Hall–Kier alpha value is -2.47. The number of rotatable bonds is 7. The van der Waals surface area contributed by atoms with Crippen LogP contribution in [-0.2, 0) is 16.7 Å². The zero-order valence-corrected chi connectivity index (χ0v) is 21.2. The van der Waals surface area contributed by atoms with Gasteiger partial charge in [0.2, 0.25) is 0 Å². The number of nitrogens with two attached hydrogens (primary N) is 1. The Balaban J connectivity index is 0.00000306. The molecule has 0 radical (unpaired) electrons. The van der Waals surface area contributed by atoms with Gasteiger partial charge in [-0.25, -0.2) is 13.1 Å². The second-order valence-electron chi connectivity index (χ2n) is 7.22. The number of methoxy groups -OCH3 is 1. The quantitative estimate of drug-likeness (QED) is 0.290. The minimum Gasteiger partial charge on any atom is -0.744 e. The molecule has 0 aliphatic rings. The minimum absolute atomic E-state index is 0. The van der Waals surface area contributed by atoms with Gasteiger partial charge in [0.05, 0.1) is 23.9 Å². The minimum atomic E-state index is -4.61. The fourth-order valence-corrected chi connectivity index (χ4v) is 4.10. The van der Waals surface area contributed by atoms with Gasteiger partial charge in [0.15, 0.2) is 11.5 Å². The van der Waals surface area contributed by atoms with Crippen LogP contribution in [0.5, 0.6) is 11.5 Å². The third-order valence-electron chi connectivity index (χ3n) is 5.01. The van der Waals surface area contributed by atoms with Crippen LogP contribution >= 0.6 is 0 Å². The summed E-state index contributed by atoms with van der Waals surface area (Å²) in [5.41, 5.74) is 7.98. The average Bonchev–Trinajstić information content (AvgIpc) is 3.24. The SMILES string of the molecule is COc1cc(C(C)N)ccc1OCc1cn(-c2cccc3c(S(=O)(=O)[O-])cccc23)nn1.[Na+]. The Labute approximate surface area is 213 Å². The molecule has 0 spiro atoms. The van der Waals surface area contributed by atoms with Crippen molar-refractivity contribution in [1.29, 1.82) is 0 Å². The predicted octanol–water partition coefficient (Wildman–Crippen LogP) is -0.0641. The number of nitrogens with zero attached hydrogens (tertiary/aromatic N) is 3. The van der Waals surface area contributed by atoms with Gasteiger partial charge in [-0.2, -0.15) is 0 Å². The Morgan fingerprint density at radius 3 is 2.52 bits per heavy atom. The monoisotopic (exact) mass is 476 g/mol. The molecule has 0 saturated carbocycles. The van der Waals surface area contributed by atoms with Crippen LogP contribution in [0, 0.1) is 0 Å². The van der Waals surface area contributed by atoms with E-state index in [4.69, 9.17) is 15.2 Å². The summed E-state index contributed by atoms with van der Waals surface area (Å²) in [7, 11) is -3.06. The largest absolute Gasteiger partial charge is 1.00 e. The van der Waals surface area contributed by atoms with Gasteiger partial charge in [-0.1, -0.05) is 35.5 Å². The van der Waals surface area contributed by atoms with E-state index in [9.17, 15) is 13.0 Å². The van der Waals surface area contributed by atoms with Crippen molar-refractivity contribution in [3.05, 3.63) is 72.1 Å². The Bertz CT molecular complexity index is 1390. The molecule has 0 aliphatic heterocycles. The van der Waals surface area contributed by atoms with Crippen molar-refractivity contribution in [2.45, 2.75) is 24.5 Å². The molecule has 0 amide bonds. The standard InChI is InChI=1S/C22H22N4O5S.Na/c1-14(23)15-9-10-20(21(11-15)30-2)31-13-16-12-26(25-24-16)19-7-3-6-18-17(19)5-4-8-22(18)32(27,28)29;/h3-12,14H,13,23H2,1-2H3,(H,27,28,29);/q;+1/p-1. The van der Waals surface area contributed by atoms with Crippen molar-refractivity contribution in [2.24, 2.45) is 5.73 Å². The van der Waals surface area contributed by atoms with Gasteiger partial charge in [0, 0.05) is 16.8 Å². The van der Waals surface area contributed by atoms with Crippen LogP contribution in [0.1, 0.15) is 24.2 Å². The number of hydrogen-bond acceptors (Lipinski definition) is 8. The van der Waals surface area contributed by atoms with Gasteiger partial charge < -0.3 is 19.8 Å². The molecular weight excluding hydrogens is 455 g/mol. The molecule has 9 nitrogen and oxygen atoms in total. The summed E-state index contributed by atoms with van der Waals surface area (Å²) in [5, 5.41) is 9.16. The third kappa shape index (κ3) is 5.37. The van der Waals surface area contributed by atoms with Crippen molar-refractivity contribution in [2.75, 3.05) is 7.11 Å². The van der Waals surface area contributed by atoms with Crippen molar-refractivity contribution in [1.82, 2.24) is 15.0 Å². The van der Waals surface area contributed by atoms with E-state index in [1.165, 1.54) is 16.8 Å². The summed E-state index contributed by atoms with van der Waals surface area (Å²) < 4.78 is 47.6. The van der Waals surface area contributed by atoms with Gasteiger partial charge in [-0.05, 0) is 36.8 Å². The van der Waals surface area contributed by atoms with Crippen LogP contribution < -0.4 is 44.8 Å². The predicted molar refractivity (Wildman–Crippen MR) is 117 cm³/mol. The van der Waals surface area contributed by atoms with Gasteiger partial charge in [-0.3, -0.25) is 0 Å². The third-order valence-corrected chi connectivity index (χ3v) is 5.90. The fourth-order valence-electron chi connectivity index (χ4n) is 3.40. The summed E-state index contributed by atoms with van der Waals surface area (Å²) in [5.74, 6) is 1.11. The summed E-state index contributed by atoms with van der Waals surface area (Å²) >= 11 is 0. The summed E-state index contributed by atoms with van der Waals surface area (Å²) in [6.07, 6.45) is 1.68. The molecule has 1 atom stereocenters. The molecule has 0 saturated heterocycles. The molecule has 2 N–H and O–H groups in total. The van der Waals surface area contributed by atoms with Gasteiger partial charge in [0.1, 0.15) is 22.4 Å². The van der Waals surface area contributed by atoms with Crippen LogP contribution in [0.15, 0.2) is 65.7 Å². The number of fused-ring (bicyclic) bond motifs is 1. The first-order valence-electron chi connectivity index (χ1n) is 9.73. The van der Waals surface area contributed by atoms with Crippen molar-refractivity contribution in [3.63, 3.8) is 0 Å². The van der Waals surface area contributed by atoms with Crippen molar-refractivity contribution < 1.29 is 52.0 Å². The fraction of sp³-hybridized carbons (Fsp3) is 0.182. The molecule has 11 heteroatoms. The number of ether oxygens (including phenoxy) is 2. The van der Waals surface area contributed by atoms with E-state index in [1.807, 2.05) is 19.1 Å². The van der Waals surface area contributed by atoms with Crippen LogP contribution in [-0.4, -0.2) is 35.1 Å². The van der Waals surface area contributed by atoms with Crippen LogP contribution in [0.2, 0.25) is 0 Å². The average molecular weight is 476 g/mol. The van der Waals surface area contributed by atoms with E-state index in [1.54, 1.807) is 43.6 Å². The van der Waals surface area contributed by atoms with Crippen molar-refractivity contribution in [3.8, 4) is 17.2 Å². The molecule has 4 rings (SSSR count). The van der Waals surface area contributed by atoms with Crippen LogP contribution in [0.4, 0.5) is 0 Å². The first kappa shape index (κ1) is 25.2. The smallest absolute Gasteiger partial charge is 0.744 e. The summed E-state index contributed by atoms with van der Waals surface area (Å²) in [4.78, 5) is -0.275. The topological polar surface area (TPSA) is 132 Å². The Kier molecular flexibility index (Phi) is 7.78. The Morgan fingerprint density at radius 2 is 1.82 bits per heavy atom. The van der Waals surface area contributed by atoms with Crippen LogP contribution in [0.25, 0.3) is 16.5 Å². The molecule has 1 heterocycles. The number of benzene rings is 3. The van der Waals surface area contributed by atoms with Crippen LogP contribution in [0.3, 0.4) is 0 Å². The maximum absolute atomic E-state index is 11.6. The molecule has 3 aromatic carbocycles. The molecule has 0 aliphatic carbocycles. The normalized spacial score (nSPS) is 12.2. The molecule has 1 unspecified atom stereocenters. The molecular formula is C22H21N4NaO5S. The second kappa shape index (κ2) is 10.2. The molecule has 1 aromatic heterocycles. The summed E-state index contributed by atoms with van der Waals surface area (Å²) in [6, 6.07) is 14.9. The molecule has 33 heavy (non-hydrogen) atoms. The van der Waals surface area contributed by atoms with Gasteiger partial charge in [0.25, 0.3) is 0 Å². The maximum atomic E-state index is 11.6. The maximum Gasteiger partial charge on any atom is 1.00 e. The first-order chi connectivity index (χ1) is 15.3. The second-order valence-corrected chi connectivity index (χ2v) is 8.57. The zero-order chi connectivity index (χ0) is 22.9. The van der Waals surface area contributed by atoms with Crippen molar-refractivity contribution >= 4 is 20.9 Å². The number of hydrogen-bond donors (Lipinski definition) is 1. The first-order valence-corrected chi connectivity index (χ1v) is 11.1. The zero-order valence-electron chi connectivity index (χ0n) is 18.4. The molecule has 4 aromatic rings. The Morgan fingerprint density at radius 1 is 1.09 bits per heavy atom. The molecule has 166 valence electrons. The van der Waals surface area contributed by atoms with E-state index >= 15 is 0 Å². The van der Waals surface area contributed by atoms with Gasteiger partial charge >= 0.3 is 29.6 Å². The molecule has 0 bridgehead atoms. The van der Waals surface area contributed by atoms with E-state index in [2.05, 4.69) is 10.3 Å². The van der Waals surface area contributed by atoms with E-state index in [-0.39, 0.29) is 47.1 Å². The van der Waals surface area contributed by atoms with E-state index < -0.39 is 10.1 Å². The van der Waals surface area contributed by atoms with Gasteiger partial charge in [-0.15, -0.1) is 5.10 Å². The number of aromatic nitrogens is 3. The van der Waals surface area contributed by atoms with E-state index in [0.29, 0.717) is 33.7 Å².